The second-order valence-corrected chi connectivity index (χ2v) is 5.44. The summed E-state index contributed by atoms with van der Waals surface area (Å²) in [7, 11) is 1.72. The molecular weight excluding hydrogens is 342 g/mol. The number of carbonyl (C=O) groups is 1. The van der Waals surface area contributed by atoms with E-state index in [0.717, 1.165) is 10.0 Å². The zero-order valence-electron chi connectivity index (χ0n) is 10.8. The number of benzene rings is 1. The first-order chi connectivity index (χ1) is 9.60. The molecule has 2 rings (SSSR count). The van der Waals surface area contributed by atoms with Crippen molar-refractivity contribution in [1.29, 1.82) is 0 Å². The highest BCUT2D eigenvalue weighted by Gasteiger charge is 2.09. The summed E-state index contributed by atoms with van der Waals surface area (Å²) in [5, 5.41) is 6.09. The van der Waals surface area contributed by atoms with Crippen molar-refractivity contribution in [3.8, 4) is 0 Å². The molecule has 1 amide bonds. The van der Waals surface area contributed by atoms with Crippen LogP contribution in [0.1, 0.15) is 15.9 Å². The van der Waals surface area contributed by atoms with Crippen LogP contribution < -0.4 is 10.6 Å². The molecule has 0 aliphatic carbocycles. The molecule has 1 aromatic heterocycles. The number of halogens is 2. The highest BCUT2D eigenvalue weighted by Crippen LogP contribution is 2.19. The number of carbonyl (C=O) groups excluding carboxylic acids is 1. The number of rotatable bonds is 4. The zero-order chi connectivity index (χ0) is 14.5. The average Bonchev–Trinajstić information content (AvgIpc) is 2.46. The van der Waals surface area contributed by atoms with Gasteiger partial charge in [0.25, 0.3) is 5.91 Å². The number of hydrogen-bond donors (Lipinski definition) is 2. The van der Waals surface area contributed by atoms with Gasteiger partial charge in [-0.15, -0.1) is 0 Å². The van der Waals surface area contributed by atoms with E-state index in [2.05, 4.69) is 31.5 Å². The Balaban J connectivity index is 2.01. The van der Waals surface area contributed by atoms with E-state index in [9.17, 15) is 4.79 Å². The first-order valence-corrected chi connectivity index (χ1v) is 7.13. The summed E-state index contributed by atoms with van der Waals surface area (Å²) in [5.74, 6) is 0.348. The van der Waals surface area contributed by atoms with Crippen LogP contribution in [0.3, 0.4) is 0 Å². The Morgan fingerprint density at radius 2 is 2.05 bits per heavy atom. The molecule has 0 saturated carbocycles. The second-order valence-electron chi connectivity index (χ2n) is 4.11. The smallest absolute Gasteiger partial charge is 0.253 e. The molecule has 104 valence electrons. The van der Waals surface area contributed by atoms with E-state index >= 15 is 0 Å². The number of nitrogens with one attached hydrogen (secondary N) is 2. The van der Waals surface area contributed by atoms with Gasteiger partial charge in [0.2, 0.25) is 0 Å². The summed E-state index contributed by atoms with van der Waals surface area (Å²) in [6, 6.07) is 9.35. The lowest BCUT2D eigenvalue weighted by Crippen LogP contribution is -2.23. The summed E-state index contributed by atoms with van der Waals surface area (Å²) >= 11 is 9.37. The molecule has 0 spiro atoms. The van der Waals surface area contributed by atoms with E-state index in [4.69, 9.17) is 11.6 Å². The molecule has 2 N–H and O–H groups in total. The van der Waals surface area contributed by atoms with Crippen LogP contribution in [-0.4, -0.2) is 17.9 Å². The second kappa shape index (κ2) is 6.72. The van der Waals surface area contributed by atoms with E-state index in [1.807, 2.05) is 24.3 Å². The third-order valence-electron chi connectivity index (χ3n) is 2.71. The molecule has 0 aliphatic heterocycles. The van der Waals surface area contributed by atoms with Crippen LogP contribution in [0.25, 0.3) is 0 Å². The Kier molecular flexibility index (Phi) is 4.98. The Morgan fingerprint density at radius 3 is 2.65 bits per heavy atom. The maximum Gasteiger partial charge on any atom is 0.253 e. The average molecular weight is 355 g/mol. The summed E-state index contributed by atoms with van der Waals surface area (Å²) in [6.45, 7) is 0.456. The number of nitrogens with zero attached hydrogens (tertiary/aromatic N) is 1. The largest absolute Gasteiger partial charge is 0.372 e. The number of aromatic nitrogens is 1. The number of hydrogen-bond acceptors (Lipinski definition) is 3. The quantitative estimate of drug-likeness (QED) is 0.884. The molecule has 0 atom stereocenters. The zero-order valence-corrected chi connectivity index (χ0v) is 13.1. The van der Waals surface area contributed by atoms with Crippen molar-refractivity contribution in [1.82, 2.24) is 10.3 Å². The third kappa shape index (κ3) is 3.71. The standard InChI is InChI=1S/C14H13BrClN3O/c1-17-13-12(16)6-10(8-18-13)14(20)19-7-9-2-4-11(15)5-3-9/h2-6,8H,7H2,1H3,(H,17,18)(H,19,20). The van der Waals surface area contributed by atoms with Crippen molar-refractivity contribution in [3.05, 3.63) is 57.2 Å². The number of pyridine rings is 1. The minimum Gasteiger partial charge on any atom is -0.372 e. The molecule has 4 nitrogen and oxygen atoms in total. The third-order valence-corrected chi connectivity index (χ3v) is 3.52. The van der Waals surface area contributed by atoms with E-state index in [1.54, 1.807) is 13.1 Å². The van der Waals surface area contributed by atoms with Crippen molar-refractivity contribution in [3.63, 3.8) is 0 Å². The van der Waals surface area contributed by atoms with Crippen LogP contribution in [0.5, 0.6) is 0 Å². The van der Waals surface area contributed by atoms with Gasteiger partial charge >= 0.3 is 0 Å². The molecular formula is C14H13BrClN3O. The Morgan fingerprint density at radius 1 is 1.35 bits per heavy atom. The SMILES string of the molecule is CNc1ncc(C(=O)NCc2ccc(Br)cc2)cc1Cl. The first-order valence-electron chi connectivity index (χ1n) is 5.96. The topological polar surface area (TPSA) is 54.0 Å². The molecule has 1 aromatic carbocycles. The summed E-state index contributed by atoms with van der Waals surface area (Å²) in [5.41, 5.74) is 1.46. The van der Waals surface area contributed by atoms with Gasteiger partial charge in [-0.2, -0.15) is 0 Å². The normalized spacial score (nSPS) is 10.2. The van der Waals surface area contributed by atoms with Crippen LogP contribution in [0, 0.1) is 0 Å². The molecule has 2 aromatic rings. The molecule has 0 bridgehead atoms. The minimum absolute atomic E-state index is 0.204. The van der Waals surface area contributed by atoms with Gasteiger partial charge in [-0.3, -0.25) is 4.79 Å². The lowest BCUT2D eigenvalue weighted by Gasteiger charge is -2.07. The maximum atomic E-state index is 12.0. The van der Waals surface area contributed by atoms with Crippen LogP contribution in [0.15, 0.2) is 41.0 Å². The van der Waals surface area contributed by atoms with Gasteiger partial charge in [-0.1, -0.05) is 39.7 Å². The van der Waals surface area contributed by atoms with Crippen molar-refractivity contribution in [2.45, 2.75) is 6.54 Å². The fourth-order valence-electron chi connectivity index (χ4n) is 1.63. The van der Waals surface area contributed by atoms with Crippen LogP contribution >= 0.6 is 27.5 Å². The molecule has 20 heavy (non-hydrogen) atoms. The van der Waals surface area contributed by atoms with Crippen molar-refractivity contribution >= 4 is 39.3 Å². The van der Waals surface area contributed by atoms with Gasteiger partial charge in [0.15, 0.2) is 0 Å². The predicted octanol–water partition coefficient (Wildman–Crippen LogP) is 3.47. The highest BCUT2D eigenvalue weighted by atomic mass is 79.9. The van der Waals surface area contributed by atoms with E-state index in [0.29, 0.717) is 22.9 Å². The van der Waals surface area contributed by atoms with Crippen molar-refractivity contribution in [2.24, 2.45) is 0 Å². The molecule has 1 heterocycles. The Hall–Kier alpha value is -1.59. The van der Waals surface area contributed by atoms with Gasteiger partial charge in [-0.05, 0) is 23.8 Å². The molecule has 0 unspecified atom stereocenters. The van der Waals surface area contributed by atoms with Gasteiger partial charge in [0.05, 0.1) is 10.6 Å². The van der Waals surface area contributed by atoms with Gasteiger partial charge < -0.3 is 10.6 Å². The van der Waals surface area contributed by atoms with Crippen LogP contribution in [0.4, 0.5) is 5.82 Å². The van der Waals surface area contributed by atoms with Gasteiger partial charge in [-0.25, -0.2) is 4.98 Å². The van der Waals surface area contributed by atoms with E-state index < -0.39 is 0 Å². The fraction of sp³-hybridized carbons (Fsp3) is 0.143. The van der Waals surface area contributed by atoms with E-state index in [-0.39, 0.29) is 5.91 Å². The first kappa shape index (κ1) is 14.8. The number of amides is 1. The summed E-state index contributed by atoms with van der Waals surface area (Å²) in [4.78, 5) is 16.1. The molecule has 6 heteroatoms. The van der Waals surface area contributed by atoms with E-state index in [1.165, 1.54) is 6.20 Å². The summed E-state index contributed by atoms with van der Waals surface area (Å²) in [6.07, 6.45) is 1.49. The lowest BCUT2D eigenvalue weighted by molar-refractivity contribution is 0.0950. The monoisotopic (exact) mass is 353 g/mol. The molecule has 0 saturated heterocycles. The number of anilines is 1. The maximum absolute atomic E-state index is 12.0. The lowest BCUT2D eigenvalue weighted by atomic mass is 10.2. The molecule has 0 aliphatic rings. The van der Waals surface area contributed by atoms with Crippen LogP contribution in [-0.2, 0) is 6.54 Å². The Bertz CT molecular complexity index is 616. The van der Waals surface area contributed by atoms with Gasteiger partial charge in [0.1, 0.15) is 5.82 Å². The predicted molar refractivity (Wildman–Crippen MR) is 84.1 cm³/mol. The highest BCUT2D eigenvalue weighted by molar-refractivity contribution is 9.10. The summed E-state index contributed by atoms with van der Waals surface area (Å²) < 4.78 is 1.01. The fourth-order valence-corrected chi connectivity index (χ4v) is 2.16. The minimum atomic E-state index is -0.204. The van der Waals surface area contributed by atoms with Gasteiger partial charge in [0, 0.05) is 24.3 Å². The molecule has 0 fully saturated rings. The van der Waals surface area contributed by atoms with Crippen LogP contribution in [0.2, 0.25) is 5.02 Å². The Labute approximate surface area is 130 Å². The van der Waals surface area contributed by atoms with Crippen molar-refractivity contribution in [2.75, 3.05) is 12.4 Å². The van der Waals surface area contributed by atoms with Crippen molar-refractivity contribution < 1.29 is 4.79 Å². The molecule has 0 radical (unpaired) electrons.